The highest BCUT2D eigenvalue weighted by molar-refractivity contribution is 5.93. The lowest BCUT2D eigenvalue weighted by atomic mass is 10.0. The van der Waals surface area contributed by atoms with Crippen molar-refractivity contribution in [2.24, 2.45) is 5.92 Å². The summed E-state index contributed by atoms with van der Waals surface area (Å²) >= 11 is 0. The van der Waals surface area contributed by atoms with Gasteiger partial charge in [0, 0.05) is 0 Å². The van der Waals surface area contributed by atoms with Crippen molar-refractivity contribution in [3.05, 3.63) is 0 Å². The monoisotopic (exact) mass is 244 g/mol. The molecule has 0 saturated carbocycles. The van der Waals surface area contributed by atoms with Crippen LogP contribution < -0.4 is 0 Å². The number of carboxylic acid groups (broad SMARTS) is 1. The lowest BCUT2D eigenvalue weighted by Crippen LogP contribution is -2.24. The Hall–Kier alpha value is -1.06. The number of unbranched alkanes of at least 4 members (excludes halogenated alkanes) is 6. The highest BCUT2D eigenvalue weighted by atomic mass is 16.5. The molecule has 1 unspecified atom stereocenters. The molecular formula is C13H24O4. The van der Waals surface area contributed by atoms with E-state index in [9.17, 15) is 9.59 Å². The lowest BCUT2D eigenvalue weighted by molar-refractivity contribution is -0.157. The quantitative estimate of drug-likeness (QED) is 0.364. The Morgan fingerprint density at radius 2 is 1.59 bits per heavy atom. The van der Waals surface area contributed by atoms with Crippen molar-refractivity contribution < 1.29 is 19.4 Å². The van der Waals surface area contributed by atoms with Gasteiger partial charge in [-0.3, -0.25) is 9.59 Å². The fourth-order valence-corrected chi connectivity index (χ4v) is 1.79. The molecule has 0 aromatic heterocycles. The zero-order valence-corrected chi connectivity index (χ0v) is 10.9. The van der Waals surface area contributed by atoms with Crippen molar-refractivity contribution in [1.82, 2.24) is 0 Å². The number of ether oxygens (including phenoxy) is 1. The zero-order chi connectivity index (χ0) is 13.1. The van der Waals surface area contributed by atoms with E-state index in [0.717, 1.165) is 19.3 Å². The van der Waals surface area contributed by atoms with Gasteiger partial charge in [-0.05, 0) is 6.42 Å². The normalized spacial score (nSPS) is 12.1. The molecule has 0 amide bonds. The number of rotatable bonds is 10. The van der Waals surface area contributed by atoms with Crippen LogP contribution in [0.4, 0.5) is 0 Å². The van der Waals surface area contributed by atoms with Crippen LogP contribution in [-0.4, -0.2) is 24.2 Å². The number of carbonyl (C=O) groups is 2. The summed E-state index contributed by atoms with van der Waals surface area (Å²) < 4.78 is 4.46. The van der Waals surface area contributed by atoms with Gasteiger partial charge in [0.1, 0.15) is 0 Å². The van der Waals surface area contributed by atoms with E-state index in [1.54, 1.807) is 0 Å². The first-order valence-corrected chi connectivity index (χ1v) is 6.44. The number of carbonyl (C=O) groups excluding carboxylic acids is 1. The summed E-state index contributed by atoms with van der Waals surface area (Å²) in [7, 11) is 1.23. The largest absolute Gasteiger partial charge is 0.481 e. The van der Waals surface area contributed by atoms with Crippen LogP contribution in [-0.2, 0) is 14.3 Å². The molecule has 0 aromatic carbocycles. The summed E-state index contributed by atoms with van der Waals surface area (Å²) in [6, 6.07) is 0. The van der Waals surface area contributed by atoms with Crippen molar-refractivity contribution in [3.63, 3.8) is 0 Å². The first kappa shape index (κ1) is 15.9. The predicted molar refractivity (Wildman–Crippen MR) is 65.8 cm³/mol. The summed E-state index contributed by atoms with van der Waals surface area (Å²) in [5.41, 5.74) is 0. The third-order valence-corrected chi connectivity index (χ3v) is 2.88. The molecule has 1 atom stereocenters. The molecule has 0 spiro atoms. The fourth-order valence-electron chi connectivity index (χ4n) is 1.79. The maximum atomic E-state index is 11.2. The average Bonchev–Trinajstić information content (AvgIpc) is 2.31. The molecule has 0 aliphatic heterocycles. The minimum atomic E-state index is -1.08. The van der Waals surface area contributed by atoms with Gasteiger partial charge >= 0.3 is 11.9 Å². The molecule has 0 saturated heterocycles. The predicted octanol–water partition coefficient (Wildman–Crippen LogP) is 3.00. The minimum absolute atomic E-state index is 0.385. The van der Waals surface area contributed by atoms with Gasteiger partial charge in [0.2, 0.25) is 0 Å². The molecular weight excluding hydrogens is 220 g/mol. The van der Waals surface area contributed by atoms with E-state index >= 15 is 0 Å². The Labute approximate surface area is 103 Å². The summed E-state index contributed by atoms with van der Waals surface area (Å²) in [4.78, 5) is 22.0. The van der Waals surface area contributed by atoms with Crippen LogP contribution in [0.2, 0.25) is 0 Å². The van der Waals surface area contributed by atoms with E-state index in [0.29, 0.717) is 6.42 Å². The second-order valence-electron chi connectivity index (χ2n) is 4.32. The molecule has 4 nitrogen and oxygen atoms in total. The maximum absolute atomic E-state index is 11.2. The van der Waals surface area contributed by atoms with Crippen molar-refractivity contribution in [3.8, 4) is 0 Å². The van der Waals surface area contributed by atoms with Gasteiger partial charge in [-0.15, -0.1) is 0 Å². The van der Waals surface area contributed by atoms with Crippen LogP contribution in [0.5, 0.6) is 0 Å². The van der Waals surface area contributed by atoms with E-state index in [4.69, 9.17) is 5.11 Å². The Morgan fingerprint density at radius 1 is 1.06 bits per heavy atom. The molecule has 0 fully saturated rings. The molecule has 0 heterocycles. The molecule has 0 bridgehead atoms. The summed E-state index contributed by atoms with van der Waals surface area (Å²) in [6.45, 7) is 2.17. The van der Waals surface area contributed by atoms with Gasteiger partial charge in [0.15, 0.2) is 5.92 Å². The highest BCUT2D eigenvalue weighted by Crippen LogP contribution is 2.14. The summed E-state index contributed by atoms with van der Waals surface area (Å²) in [5.74, 6) is -2.71. The fraction of sp³-hybridized carbons (Fsp3) is 0.846. The van der Waals surface area contributed by atoms with Gasteiger partial charge in [-0.1, -0.05) is 51.9 Å². The molecule has 100 valence electrons. The highest BCUT2D eigenvalue weighted by Gasteiger charge is 2.26. The number of hydrogen-bond acceptors (Lipinski definition) is 3. The maximum Gasteiger partial charge on any atom is 0.320 e. The average molecular weight is 244 g/mol. The molecule has 1 N–H and O–H groups in total. The van der Waals surface area contributed by atoms with Gasteiger partial charge in [0.05, 0.1) is 7.11 Å². The third-order valence-electron chi connectivity index (χ3n) is 2.88. The number of methoxy groups -OCH3 is 1. The molecule has 0 radical (unpaired) electrons. The Bertz CT molecular complexity index is 225. The molecule has 0 rings (SSSR count). The van der Waals surface area contributed by atoms with E-state index in [2.05, 4.69) is 11.7 Å². The van der Waals surface area contributed by atoms with Crippen molar-refractivity contribution >= 4 is 11.9 Å². The van der Waals surface area contributed by atoms with E-state index in [1.165, 1.54) is 32.8 Å². The topological polar surface area (TPSA) is 63.6 Å². The van der Waals surface area contributed by atoms with Crippen molar-refractivity contribution in [1.29, 1.82) is 0 Å². The summed E-state index contributed by atoms with van der Waals surface area (Å²) in [6.07, 6.45) is 8.20. The molecule has 0 aromatic rings. The van der Waals surface area contributed by atoms with E-state index < -0.39 is 17.9 Å². The van der Waals surface area contributed by atoms with Crippen LogP contribution in [0.3, 0.4) is 0 Å². The standard InChI is InChI=1S/C13H24O4/c1-3-4-5-6-7-8-9-10-11(12(14)15)13(16)17-2/h11H,3-10H2,1-2H3,(H,14,15). The Morgan fingerprint density at radius 3 is 2.06 bits per heavy atom. The van der Waals surface area contributed by atoms with Gasteiger partial charge in [-0.2, -0.15) is 0 Å². The van der Waals surface area contributed by atoms with Crippen LogP contribution >= 0.6 is 0 Å². The van der Waals surface area contributed by atoms with Crippen LogP contribution in [0.25, 0.3) is 0 Å². The van der Waals surface area contributed by atoms with Gasteiger partial charge in [-0.25, -0.2) is 0 Å². The van der Waals surface area contributed by atoms with E-state index in [-0.39, 0.29) is 0 Å². The first-order chi connectivity index (χ1) is 8.13. The number of carboxylic acids is 1. The van der Waals surface area contributed by atoms with Crippen LogP contribution in [0.1, 0.15) is 58.3 Å². The number of esters is 1. The van der Waals surface area contributed by atoms with Crippen molar-refractivity contribution in [2.45, 2.75) is 58.3 Å². The third kappa shape index (κ3) is 7.77. The second-order valence-corrected chi connectivity index (χ2v) is 4.32. The molecule has 0 aliphatic carbocycles. The zero-order valence-electron chi connectivity index (χ0n) is 10.9. The minimum Gasteiger partial charge on any atom is -0.481 e. The first-order valence-electron chi connectivity index (χ1n) is 6.44. The van der Waals surface area contributed by atoms with E-state index in [1.807, 2.05) is 0 Å². The van der Waals surface area contributed by atoms with Crippen LogP contribution in [0, 0.1) is 5.92 Å². The second kappa shape index (κ2) is 10.1. The number of hydrogen-bond donors (Lipinski definition) is 1. The molecule has 0 aliphatic rings. The Kier molecular flexibility index (Phi) is 9.49. The Balaban J connectivity index is 3.62. The van der Waals surface area contributed by atoms with Gasteiger partial charge < -0.3 is 9.84 Å². The smallest absolute Gasteiger partial charge is 0.320 e. The molecule has 17 heavy (non-hydrogen) atoms. The SMILES string of the molecule is CCCCCCCCCC(C(=O)O)C(=O)OC. The van der Waals surface area contributed by atoms with Gasteiger partial charge in [0.25, 0.3) is 0 Å². The summed E-state index contributed by atoms with van der Waals surface area (Å²) in [5, 5.41) is 8.85. The van der Waals surface area contributed by atoms with Crippen LogP contribution in [0.15, 0.2) is 0 Å². The molecule has 4 heteroatoms. The lowest BCUT2D eigenvalue weighted by Gasteiger charge is -2.09. The van der Waals surface area contributed by atoms with Crippen molar-refractivity contribution in [2.75, 3.05) is 7.11 Å². The number of aliphatic carboxylic acids is 1.